The zero-order valence-electron chi connectivity index (χ0n) is 15.2. The van der Waals surface area contributed by atoms with Crippen LogP contribution in [-0.4, -0.2) is 29.6 Å². The van der Waals surface area contributed by atoms with Crippen LogP contribution in [-0.2, 0) is 9.53 Å². The van der Waals surface area contributed by atoms with E-state index in [1.807, 2.05) is 38.1 Å². The molecular formula is C19H22N2O4S. The lowest BCUT2D eigenvalue weighted by Crippen LogP contribution is -2.07. The summed E-state index contributed by atoms with van der Waals surface area (Å²) >= 11 is 1.10. The molecule has 0 atom stereocenters. The van der Waals surface area contributed by atoms with E-state index < -0.39 is 5.97 Å². The second-order valence-corrected chi connectivity index (χ2v) is 6.71. The number of rotatable bonds is 7. The van der Waals surface area contributed by atoms with Gasteiger partial charge >= 0.3 is 5.97 Å². The molecule has 0 radical (unpaired) electrons. The first kappa shape index (κ1) is 19.7. The van der Waals surface area contributed by atoms with Crippen LogP contribution in [0.1, 0.15) is 41.7 Å². The minimum absolute atomic E-state index is 0.0827. The summed E-state index contributed by atoms with van der Waals surface area (Å²) in [5.74, 6) is -0.0120. The van der Waals surface area contributed by atoms with E-state index in [-0.39, 0.29) is 12.0 Å². The van der Waals surface area contributed by atoms with E-state index in [0.29, 0.717) is 22.3 Å². The van der Waals surface area contributed by atoms with E-state index in [9.17, 15) is 9.59 Å². The number of hydrogen-bond acceptors (Lipinski definition) is 6. The fraction of sp³-hybridized carbons (Fsp3) is 0.316. The van der Waals surface area contributed by atoms with Gasteiger partial charge in [0, 0.05) is 6.08 Å². The normalized spacial score (nSPS) is 11.0. The lowest BCUT2D eigenvalue weighted by molar-refractivity contribution is -0.111. The summed E-state index contributed by atoms with van der Waals surface area (Å²) in [5, 5.41) is 3.02. The van der Waals surface area contributed by atoms with Crippen LogP contribution in [0.25, 0.3) is 6.08 Å². The number of anilines is 1. The van der Waals surface area contributed by atoms with Gasteiger partial charge in [0.25, 0.3) is 0 Å². The summed E-state index contributed by atoms with van der Waals surface area (Å²) in [4.78, 5) is 28.5. The molecule has 0 fully saturated rings. The molecule has 7 heteroatoms. The molecule has 0 aliphatic carbocycles. The fourth-order valence-electron chi connectivity index (χ4n) is 2.12. The summed E-state index contributed by atoms with van der Waals surface area (Å²) in [6.45, 7) is 7.64. The third-order valence-electron chi connectivity index (χ3n) is 3.14. The van der Waals surface area contributed by atoms with Gasteiger partial charge in [0.15, 0.2) is 5.13 Å². The smallest absolute Gasteiger partial charge is 0.350 e. The monoisotopic (exact) mass is 374 g/mol. The standard InChI is InChI=1S/C19H22N2O4S/c1-5-24-18(23)17-13(4)20-19(26-17)21-16(22)10-9-14-7-6-8-15(11-14)25-12(2)3/h6-12H,5H2,1-4H3,(H,20,21,22)/b10-9+. The molecule has 0 saturated carbocycles. The Kier molecular flexibility index (Phi) is 6.91. The highest BCUT2D eigenvalue weighted by atomic mass is 32.1. The second kappa shape index (κ2) is 9.15. The summed E-state index contributed by atoms with van der Waals surface area (Å²) in [6, 6.07) is 7.47. The summed E-state index contributed by atoms with van der Waals surface area (Å²) < 4.78 is 10.6. The van der Waals surface area contributed by atoms with Crippen LogP contribution in [0.5, 0.6) is 5.75 Å². The second-order valence-electron chi connectivity index (χ2n) is 5.72. The zero-order chi connectivity index (χ0) is 19.1. The number of ether oxygens (including phenoxy) is 2. The predicted octanol–water partition coefficient (Wildman–Crippen LogP) is 4.07. The van der Waals surface area contributed by atoms with Crippen molar-refractivity contribution in [2.24, 2.45) is 0 Å². The number of carbonyl (C=O) groups excluding carboxylic acids is 2. The molecule has 1 aromatic heterocycles. The number of amides is 1. The molecule has 1 N–H and O–H groups in total. The van der Waals surface area contributed by atoms with Gasteiger partial charge in [-0.3, -0.25) is 10.1 Å². The van der Waals surface area contributed by atoms with Crippen molar-refractivity contribution in [3.8, 4) is 5.75 Å². The largest absolute Gasteiger partial charge is 0.491 e. The Labute approximate surface area is 156 Å². The highest BCUT2D eigenvalue weighted by Gasteiger charge is 2.16. The molecule has 0 saturated heterocycles. The van der Waals surface area contributed by atoms with Crippen LogP contribution in [0.15, 0.2) is 30.3 Å². The van der Waals surface area contributed by atoms with Crippen LogP contribution in [0.4, 0.5) is 5.13 Å². The predicted molar refractivity (Wildman–Crippen MR) is 103 cm³/mol. The van der Waals surface area contributed by atoms with Crippen LogP contribution in [0.3, 0.4) is 0 Å². The van der Waals surface area contributed by atoms with E-state index in [2.05, 4.69) is 10.3 Å². The molecule has 26 heavy (non-hydrogen) atoms. The van der Waals surface area contributed by atoms with Gasteiger partial charge in [-0.2, -0.15) is 0 Å². The Balaban J connectivity index is 2.01. The van der Waals surface area contributed by atoms with Gasteiger partial charge < -0.3 is 9.47 Å². The molecule has 0 bridgehead atoms. The van der Waals surface area contributed by atoms with E-state index in [1.165, 1.54) is 6.08 Å². The van der Waals surface area contributed by atoms with Crippen LogP contribution < -0.4 is 10.1 Å². The third-order valence-corrected chi connectivity index (χ3v) is 4.20. The van der Waals surface area contributed by atoms with Crippen LogP contribution in [0, 0.1) is 6.92 Å². The molecule has 0 aliphatic heterocycles. The highest BCUT2D eigenvalue weighted by Crippen LogP contribution is 2.23. The number of nitrogens with one attached hydrogen (secondary N) is 1. The van der Waals surface area contributed by atoms with Gasteiger partial charge in [-0.1, -0.05) is 23.5 Å². The lowest BCUT2D eigenvalue weighted by Gasteiger charge is -2.09. The zero-order valence-corrected chi connectivity index (χ0v) is 16.1. The van der Waals surface area contributed by atoms with Gasteiger partial charge in [-0.15, -0.1) is 0 Å². The molecule has 1 aromatic carbocycles. The molecule has 2 rings (SSSR count). The van der Waals surface area contributed by atoms with Gasteiger partial charge in [-0.05, 0) is 51.5 Å². The fourth-order valence-corrected chi connectivity index (χ4v) is 2.98. The van der Waals surface area contributed by atoms with Crippen molar-refractivity contribution in [1.82, 2.24) is 4.98 Å². The van der Waals surface area contributed by atoms with Crippen molar-refractivity contribution in [3.63, 3.8) is 0 Å². The first-order chi connectivity index (χ1) is 12.4. The maximum Gasteiger partial charge on any atom is 0.350 e. The number of thiazole rings is 1. The number of aromatic nitrogens is 1. The van der Waals surface area contributed by atoms with Crippen LogP contribution >= 0.6 is 11.3 Å². The van der Waals surface area contributed by atoms with Gasteiger partial charge in [0.05, 0.1) is 18.4 Å². The number of carbonyl (C=O) groups is 2. The Morgan fingerprint density at radius 3 is 2.81 bits per heavy atom. The average molecular weight is 374 g/mol. The Hall–Kier alpha value is -2.67. The Morgan fingerprint density at radius 2 is 2.12 bits per heavy atom. The number of hydrogen-bond donors (Lipinski definition) is 1. The number of esters is 1. The van der Waals surface area contributed by atoms with E-state index in [1.54, 1.807) is 19.9 Å². The van der Waals surface area contributed by atoms with Crippen molar-refractivity contribution in [3.05, 3.63) is 46.5 Å². The molecule has 0 spiro atoms. The SMILES string of the molecule is CCOC(=O)c1sc(NC(=O)/C=C/c2cccc(OC(C)C)c2)nc1C. The summed E-state index contributed by atoms with van der Waals surface area (Å²) in [7, 11) is 0. The van der Waals surface area contributed by atoms with Gasteiger partial charge in [0.2, 0.25) is 5.91 Å². The number of benzene rings is 1. The molecule has 6 nitrogen and oxygen atoms in total. The van der Waals surface area contributed by atoms with Gasteiger partial charge in [0.1, 0.15) is 10.6 Å². The summed E-state index contributed by atoms with van der Waals surface area (Å²) in [6.07, 6.45) is 3.18. The maximum atomic E-state index is 12.1. The van der Waals surface area contributed by atoms with Gasteiger partial charge in [-0.25, -0.2) is 9.78 Å². The quantitative estimate of drug-likeness (QED) is 0.584. The lowest BCUT2D eigenvalue weighted by atomic mass is 10.2. The van der Waals surface area contributed by atoms with E-state index in [4.69, 9.17) is 9.47 Å². The topological polar surface area (TPSA) is 77.5 Å². The van der Waals surface area contributed by atoms with Crippen molar-refractivity contribution in [2.45, 2.75) is 33.8 Å². The number of nitrogens with zero attached hydrogens (tertiary/aromatic N) is 1. The third kappa shape index (κ3) is 5.70. The Morgan fingerprint density at radius 1 is 1.35 bits per heavy atom. The molecule has 0 unspecified atom stereocenters. The molecule has 1 amide bonds. The average Bonchev–Trinajstić information content (AvgIpc) is 2.93. The van der Waals surface area contributed by atoms with Crippen LogP contribution in [0.2, 0.25) is 0 Å². The van der Waals surface area contributed by atoms with Crippen molar-refractivity contribution >= 4 is 34.4 Å². The maximum absolute atomic E-state index is 12.1. The van der Waals surface area contributed by atoms with E-state index in [0.717, 1.165) is 22.6 Å². The van der Waals surface area contributed by atoms with Crippen molar-refractivity contribution in [2.75, 3.05) is 11.9 Å². The molecule has 0 aliphatic rings. The van der Waals surface area contributed by atoms with Crippen molar-refractivity contribution in [1.29, 1.82) is 0 Å². The Bertz CT molecular complexity index is 812. The number of aryl methyl sites for hydroxylation is 1. The molecular weight excluding hydrogens is 352 g/mol. The highest BCUT2D eigenvalue weighted by molar-refractivity contribution is 7.17. The van der Waals surface area contributed by atoms with E-state index >= 15 is 0 Å². The molecule has 1 heterocycles. The first-order valence-electron chi connectivity index (χ1n) is 8.29. The van der Waals surface area contributed by atoms with Crippen molar-refractivity contribution < 1.29 is 19.1 Å². The minimum atomic E-state index is -0.430. The summed E-state index contributed by atoms with van der Waals surface area (Å²) in [5.41, 5.74) is 1.38. The first-order valence-corrected chi connectivity index (χ1v) is 9.11. The molecule has 138 valence electrons. The molecule has 2 aromatic rings. The minimum Gasteiger partial charge on any atom is -0.491 e.